The van der Waals surface area contributed by atoms with Gasteiger partial charge >= 0.3 is 0 Å². The smallest absolute Gasteiger partial charge is 0.240 e. The summed E-state index contributed by atoms with van der Waals surface area (Å²) in [4.78, 5) is 14.6. The zero-order chi connectivity index (χ0) is 18.2. The van der Waals surface area contributed by atoms with E-state index in [-0.39, 0.29) is 11.2 Å². The molecule has 132 valence electrons. The summed E-state index contributed by atoms with van der Waals surface area (Å²) < 4.78 is 1.71. The van der Waals surface area contributed by atoms with E-state index in [4.69, 9.17) is 5.26 Å². The van der Waals surface area contributed by atoms with E-state index in [9.17, 15) is 4.79 Å². The van der Waals surface area contributed by atoms with Crippen molar-refractivity contribution >= 4 is 46.5 Å². The zero-order valence-corrected chi connectivity index (χ0v) is 16.9. The second kappa shape index (κ2) is 9.80. The van der Waals surface area contributed by atoms with Gasteiger partial charge < -0.3 is 4.90 Å². The van der Waals surface area contributed by atoms with E-state index < -0.39 is 0 Å². The number of benzene rings is 1. The van der Waals surface area contributed by atoms with Crippen LogP contribution in [-0.2, 0) is 4.79 Å². The molecule has 1 aromatic carbocycles. The fourth-order valence-corrected chi connectivity index (χ4v) is 5.22. The third-order valence-corrected chi connectivity index (χ3v) is 6.45. The molecule has 0 saturated carbocycles. The van der Waals surface area contributed by atoms with Crippen molar-refractivity contribution in [3.8, 4) is 6.07 Å². The van der Waals surface area contributed by atoms with Crippen LogP contribution in [0.4, 0.5) is 5.69 Å². The summed E-state index contributed by atoms with van der Waals surface area (Å²) in [5, 5.41) is 16.9. The van der Waals surface area contributed by atoms with Crippen LogP contribution in [0.1, 0.15) is 25.8 Å². The topological polar surface area (TPSA) is 69.9 Å². The highest BCUT2D eigenvalue weighted by molar-refractivity contribution is 8.03. The molecule has 8 heteroatoms. The highest BCUT2D eigenvalue weighted by Gasteiger charge is 2.24. The maximum atomic E-state index is 12.9. The van der Waals surface area contributed by atoms with Crippen LogP contribution in [0.5, 0.6) is 0 Å². The first-order valence-electron chi connectivity index (χ1n) is 7.93. The number of hydrogen-bond acceptors (Lipinski definition) is 7. The molecular formula is C17H20N4OS3. The van der Waals surface area contributed by atoms with E-state index in [1.54, 1.807) is 16.7 Å². The number of hydrogen-bond donors (Lipinski definition) is 0. The highest BCUT2D eigenvalue weighted by Crippen LogP contribution is 2.32. The Balaban J connectivity index is 2.11. The number of nitriles is 1. The van der Waals surface area contributed by atoms with E-state index >= 15 is 0 Å². The number of nitrogens with zero attached hydrogens (tertiary/aromatic N) is 4. The molecule has 0 radical (unpaired) electrons. The highest BCUT2D eigenvalue weighted by atomic mass is 32.2. The zero-order valence-electron chi connectivity index (χ0n) is 14.4. The SMILES string of the molecule is CCSc1nnc(SC(C)C(=O)N(CCC#N)c2ccc(C)cc2)s1. The average molecular weight is 393 g/mol. The Morgan fingerprint density at radius 3 is 2.64 bits per heavy atom. The van der Waals surface area contributed by atoms with Gasteiger partial charge in [-0.2, -0.15) is 5.26 Å². The quantitative estimate of drug-likeness (QED) is 0.621. The van der Waals surface area contributed by atoms with Crippen LogP contribution in [0.2, 0.25) is 0 Å². The molecule has 0 N–H and O–H groups in total. The molecule has 25 heavy (non-hydrogen) atoms. The monoisotopic (exact) mass is 392 g/mol. The van der Waals surface area contributed by atoms with Gasteiger partial charge in [-0.3, -0.25) is 4.79 Å². The molecule has 1 unspecified atom stereocenters. The Morgan fingerprint density at radius 2 is 2.00 bits per heavy atom. The average Bonchev–Trinajstić information content (AvgIpc) is 3.04. The van der Waals surface area contributed by atoms with Crippen LogP contribution in [0, 0.1) is 18.3 Å². The Labute approximate surface area is 160 Å². The van der Waals surface area contributed by atoms with Crippen LogP contribution < -0.4 is 4.90 Å². The molecule has 0 saturated heterocycles. The third kappa shape index (κ3) is 5.73. The van der Waals surface area contributed by atoms with Crippen molar-refractivity contribution in [1.29, 1.82) is 5.26 Å². The number of amides is 1. The van der Waals surface area contributed by atoms with Crippen molar-refractivity contribution < 1.29 is 4.79 Å². The Hall–Kier alpha value is -1.56. The minimum absolute atomic E-state index is 0.0241. The number of anilines is 1. The van der Waals surface area contributed by atoms with Crippen LogP contribution in [0.25, 0.3) is 0 Å². The van der Waals surface area contributed by atoms with Crippen LogP contribution >= 0.6 is 34.9 Å². The van der Waals surface area contributed by atoms with Crippen LogP contribution in [0.15, 0.2) is 32.9 Å². The van der Waals surface area contributed by atoms with E-state index in [0.717, 1.165) is 25.7 Å². The second-order valence-electron chi connectivity index (χ2n) is 5.26. The molecule has 1 amide bonds. The predicted molar refractivity (Wildman–Crippen MR) is 105 cm³/mol. The molecule has 0 aliphatic heterocycles. The number of thioether (sulfide) groups is 2. The lowest BCUT2D eigenvalue weighted by Crippen LogP contribution is -2.37. The summed E-state index contributed by atoms with van der Waals surface area (Å²) in [5.41, 5.74) is 1.95. The first kappa shape index (κ1) is 19.8. The van der Waals surface area contributed by atoms with Gasteiger partial charge in [0.2, 0.25) is 5.91 Å². The molecule has 0 aliphatic carbocycles. The van der Waals surface area contributed by atoms with E-state index in [2.05, 4.69) is 23.2 Å². The normalized spacial score (nSPS) is 11.8. The van der Waals surface area contributed by atoms with Gasteiger partial charge in [-0.1, -0.05) is 59.5 Å². The molecule has 2 rings (SSSR count). The standard InChI is InChI=1S/C17H20N4OS3/c1-4-23-16-19-20-17(25-16)24-13(3)15(22)21(11-5-10-18)14-8-6-12(2)7-9-14/h6-9,13H,4-5,11H2,1-3H3. The maximum Gasteiger partial charge on any atom is 0.240 e. The van der Waals surface area contributed by atoms with Gasteiger partial charge in [0.05, 0.1) is 17.7 Å². The number of carbonyl (C=O) groups is 1. The molecule has 0 spiro atoms. The van der Waals surface area contributed by atoms with Gasteiger partial charge in [0.15, 0.2) is 8.68 Å². The van der Waals surface area contributed by atoms with Crippen LogP contribution in [0.3, 0.4) is 0 Å². The molecule has 1 aromatic heterocycles. The lowest BCUT2D eigenvalue weighted by Gasteiger charge is -2.24. The number of carbonyl (C=O) groups excluding carboxylic acids is 1. The van der Waals surface area contributed by atoms with Crippen LogP contribution in [-0.4, -0.2) is 33.7 Å². The first-order chi connectivity index (χ1) is 12.0. The molecule has 5 nitrogen and oxygen atoms in total. The lowest BCUT2D eigenvalue weighted by molar-refractivity contribution is -0.117. The molecule has 2 aromatic rings. The van der Waals surface area contributed by atoms with Crippen molar-refractivity contribution in [2.45, 2.75) is 41.1 Å². The van der Waals surface area contributed by atoms with Gasteiger partial charge in [0.1, 0.15) is 0 Å². The van der Waals surface area contributed by atoms with E-state index in [1.807, 2.05) is 38.1 Å². The minimum atomic E-state index is -0.299. The summed E-state index contributed by atoms with van der Waals surface area (Å²) >= 11 is 4.57. The molecule has 1 heterocycles. The van der Waals surface area contributed by atoms with Gasteiger partial charge in [0.25, 0.3) is 0 Å². The lowest BCUT2D eigenvalue weighted by atomic mass is 10.2. The third-order valence-electron chi connectivity index (χ3n) is 3.34. The Kier molecular flexibility index (Phi) is 7.75. The molecule has 0 aliphatic rings. The van der Waals surface area contributed by atoms with Crippen molar-refractivity contribution in [2.24, 2.45) is 0 Å². The van der Waals surface area contributed by atoms with E-state index in [1.165, 1.54) is 23.1 Å². The Bertz CT molecular complexity index is 739. The molecular weight excluding hydrogens is 372 g/mol. The Morgan fingerprint density at radius 1 is 1.32 bits per heavy atom. The van der Waals surface area contributed by atoms with E-state index in [0.29, 0.717) is 13.0 Å². The molecule has 1 atom stereocenters. The van der Waals surface area contributed by atoms with Gasteiger partial charge in [-0.25, -0.2) is 0 Å². The largest absolute Gasteiger partial charge is 0.310 e. The van der Waals surface area contributed by atoms with Crippen molar-refractivity contribution in [3.05, 3.63) is 29.8 Å². The van der Waals surface area contributed by atoms with Gasteiger partial charge in [-0.05, 0) is 31.7 Å². The summed E-state index contributed by atoms with van der Waals surface area (Å²) in [6, 6.07) is 9.90. The van der Waals surface area contributed by atoms with Crippen molar-refractivity contribution in [2.75, 3.05) is 17.2 Å². The molecule has 0 fully saturated rings. The number of rotatable bonds is 8. The van der Waals surface area contributed by atoms with Gasteiger partial charge in [0, 0.05) is 12.2 Å². The first-order valence-corrected chi connectivity index (χ1v) is 10.6. The minimum Gasteiger partial charge on any atom is -0.310 e. The fraction of sp³-hybridized carbons (Fsp3) is 0.412. The summed E-state index contributed by atoms with van der Waals surface area (Å²) in [6.07, 6.45) is 0.299. The van der Waals surface area contributed by atoms with Crippen molar-refractivity contribution in [1.82, 2.24) is 10.2 Å². The predicted octanol–water partition coefficient (Wildman–Crippen LogP) is 4.39. The fourth-order valence-electron chi connectivity index (χ4n) is 2.10. The number of aromatic nitrogens is 2. The summed E-state index contributed by atoms with van der Waals surface area (Å²) in [6.45, 7) is 6.33. The molecule has 0 bridgehead atoms. The summed E-state index contributed by atoms with van der Waals surface area (Å²) in [5.74, 6) is 0.923. The maximum absolute atomic E-state index is 12.9. The second-order valence-corrected chi connectivity index (χ2v) is 9.34. The van der Waals surface area contributed by atoms with Gasteiger partial charge in [-0.15, -0.1) is 10.2 Å². The number of aryl methyl sites for hydroxylation is 1. The van der Waals surface area contributed by atoms with Crippen molar-refractivity contribution in [3.63, 3.8) is 0 Å². The summed E-state index contributed by atoms with van der Waals surface area (Å²) in [7, 11) is 0.